The Hall–Kier alpha value is -1.22. The Morgan fingerprint density at radius 2 is 1.86 bits per heavy atom. The van der Waals surface area contributed by atoms with Gasteiger partial charge in [-0.2, -0.15) is 0 Å². The topological polar surface area (TPSA) is 30.5 Å². The minimum atomic E-state index is 0.283. The second-order valence-corrected chi connectivity index (χ2v) is 6.16. The van der Waals surface area contributed by atoms with E-state index in [-0.39, 0.29) is 6.10 Å². The molecule has 1 aromatic carbocycles. The molecular weight excluding hydrogens is 274 g/mol. The summed E-state index contributed by atoms with van der Waals surface area (Å²) in [5.41, 5.74) is 1.18. The molecule has 3 nitrogen and oxygen atoms in total. The van der Waals surface area contributed by atoms with Gasteiger partial charge in [-0.05, 0) is 43.5 Å². The maximum atomic E-state index is 5.77. The number of anilines is 1. The molecule has 1 heterocycles. The van der Waals surface area contributed by atoms with E-state index < -0.39 is 0 Å². The molecule has 22 heavy (non-hydrogen) atoms. The quantitative estimate of drug-likeness (QED) is 0.582. The van der Waals surface area contributed by atoms with Gasteiger partial charge in [0, 0.05) is 18.8 Å². The predicted octanol–water partition coefficient (Wildman–Crippen LogP) is 5.02. The first-order valence-electron chi connectivity index (χ1n) is 8.97. The van der Waals surface area contributed by atoms with E-state index in [2.05, 4.69) is 24.4 Å². The van der Waals surface area contributed by atoms with Crippen molar-refractivity contribution in [1.29, 1.82) is 0 Å². The van der Waals surface area contributed by atoms with E-state index in [4.69, 9.17) is 9.47 Å². The third-order valence-corrected chi connectivity index (χ3v) is 4.17. The number of hydrogen-bond acceptors (Lipinski definition) is 3. The van der Waals surface area contributed by atoms with Crippen LogP contribution < -0.4 is 10.1 Å². The maximum absolute atomic E-state index is 5.77. The summed E-state index contributed by atoms with van der Waals surface area (Å²) in [5.74, 6) is 0.931. The first-order valence-corrected chi connectivity index (χ1v) is 8.97. The average molecular weight is 305 g/mol. The van der Waals surface area contributed by atoms with Crippen LogP contribution in [-0.4, -0.2) is 25.9 Å². The molecule has 3 heteroatoms. The number of hydrogen-bond donors (Lipinski definition) is 1. The molecule has 0 aliphatic carbocycles. The molecule has 1 aliphatic heterocycles. The lowest BCUT2D eigenvalue weighted by Crippen LogP contribution is -2.16. The van der Waals surface area contributed by atoms with Gasteiger partial charge in [0.25, 0.3) is 0 Å². The number of ether oxygens (including phenoxy) is 2. The van der Waals surface area contributed by atoms with Crippen molar-refractivity contribution >= 4 is 5.69 Å². The first kappa shape index (κ1) is 17.1. The highest BCUT2D eigenvalue weighted by Crippen LogP contribution is 2.18. The van der Waals surface area contributed by atoms with Gasteiger partial charge < -0.3 is 14.8 Å². The van der Waals surface area contributed by atoms with E-state index in [1.54, 1.807) is 0 Å². The van der Waals surface area contributed by atoms with E-state index in [0.717, 1.165) is 31.7 Å². The van der Waals surface area contributed by atoms with Crippen molar-refractivity contribution in [3.8, 4) is 5.75 Å². The Balaban J connectivity index is 1.56. The summed E-state index contributed by atoms with van der Waals surface area (Å²) < 4.78 is 11.3. The van der Waals surface area contributed by atoms with Crippen molar-refractivity contribution in [1.82, 2.24) is 0 Å². The average Bonchev–Trinajstić information content (AvgIpc) is 3.07. The fraction of sp³-hybridized carbons (Fsp3) is 0.684. The van der Waals surface area contributed by atoms with Crippen LogP contribution in [0.3, 0.4) is 0 Å². The van der Waals surface area contributed by atoms with E-state index in [1.165, 1.54) is 44.2 Å². The second kappa shape index (κ2) is 10.5. The number of nitrogens with one attached hydrogen (secondary N) is 1. The van der Waals surface area contributed by atoms with Crippen LogP contribution in [0.5, 0.6) is 5.75 Å². The van der Waals surface area contributed by atoms with Crippen molar-refractivity contribution in [2.75, 3.05) is 25.1 Å². The van der Waals surface area contributed by atoms with Crippen LogP contribution in [0.4, 0.5) is 5.69 Å². The molecule has 124 valence electrons. The molecule has 1 saturated heterocycles. The zero-order chi connectivity index (χ0) is 15.5. The summed E-state index contributed by atoms with van der Waals surface area (Å²) in [6.45, 7) is 4.87. The summed E-state index contributed by atoms with van der Waals surface area (Å²) in [4.78, 5) is 0. The highest BCUT2D eigenvalue weighted by atomic mass is 16.5. The van der Waals surface area contributed by atoms with E-state index in [1.807, 2.05) is 12.1 Å². The molecule has 0 spiro atoms. The Morgan fingerprint density at radius 3 is 2.59 bits per heavy atom. The summed E-state index contributed by atoms with van der Waals surface area (Å²) in [6.07, 6.45) is 10.6. The van der Waals surface area contributed by atoms with Crippen molar-refractivity contribution in [2.45, 2.75) is 64.4 Å². The van der Waals surface area contributed by atoms with Gasteiger partial charge in [-0.25, -0.2) is 0 Å². The highest BCUT2D eigenvalue weighted by molar-refractivity contribution is 5.46. The number of unbranched alkanes of at least 4 members (excludes halogenated alkanes) is 5. The molecule has 1 unspecified atom stereocenters. The van der Waals surface area contributed by atoms with Gasteiger partial charge in [-0.3, -0.25) is 0 Å². The van der Waals surface area contributed by atoms with Crippen LogP contribution in [-0.2, 0) is 4.74 Å². The lowest BCUT2D eigenvalue weighted by atomic mass is 10.1. The standard InChI is InChI=1S/C19H31NO2/c1-2-3-4-5-6-7-14-20-17-10-12-18(13-11-17)22-16-19-9-8-15-21-19/h10-13,19-20H,2-9,14-16H2,1H3. The normalized spacial score (nSPS) is 17.6. The Bertz CT molecular complexity index is 385. The fourth-order valence-corrected chi connectivity index (χ4v) is 2.77. The van der Waals surface area contributed by atoms with Gasteiger partial charge in [-0.15, -0.1) is 0 Å². The summed E-state index contributed by atoms with van der Waals surface area (Å²) in [7, 11) is 0. The van der Waals surface area contributed by atoms with Gasteiger partial charge in [0.1, 0.15) is 12.4 Å². The van der Waals surface area contributed by atoms with Crippen LogP contribution >= 0.6 is 0 Å². The van der Waals surface area contributed by atoms with Crippen molar-refractivity contribution < 1.29 is 9.47 Å². The molecule has 0 radical (unpaired) electrons. The summed E-state index contributed by atoms with van der Waals surface area (Å²) >= 11 is 0. The highest BCUT2D eigenvalue weighted by Gasteiger charge is 2.15. The number of rotatable bonds is 11. The molecule has 1 fully saturated rings. The second-order valence-electron chi connectivity index (χ2n) is 6.16. The third kappa shape index (κ3) is 6.69. The Kier molecular flexibility index (Phi) is 8.18. The zero-order valence-corrected chi connectivity index (χ0v) is 14.0. The SMILES string of the molecule is CCCCCCCCNc1ccc(OCC2CCCO2)cc1. The lowest BCUT2D eigenvalue weighted by Gasteiger charge is -2.12. The largest absolute Gasteiger partial charge is 0.491 e. The van der Waals surface area contributed by atoms with Crippen LogP contribution in [0, 0.1) is 0 Å². The molecule has 0 amide bonds. The molecular formula is C19H31NO2. The molecule has 1 atom stereocenters. The monoisotopic (exact) mass is 305 g/mol. The van der Waals surface area contributed by atoms with E-state index in [9.17, 15) is 0 Å². The first-order chi connectivity index (χ1) is 10.9. The third-order valence-electron chi connectivity index (χ3n) is 4.17. The van der Waals surface area contributed by atoms with Gasteiger partial charge in [0.05, 0.1) is 6.10 Å². The van der Waals surface area contributed by atoms with Gasteiger partial charge in [0.15, 0.2) is 0 Å². The molecule has 1 aromatic rings. The number of benzene rings is 1. The van der Waals surface area contributed by atoms with Gasteiger partial charge >= 0.3 is 0 Å². The maximum Gasteiger partial charge on any atom is 0.119 e. The zero-order valence-electron chi connectivity index (χ0n) is 14.0. The van der Waals surface area contributed by atoms with Crippen LogP contribution in [0.1, 0.15) is 58.3 Å². The van der Waals surface area contributed by atoms with Gasteiger partial charge in [0.2, 0.25) is 0 Å². The molecule has 0 saturated carbocycles. The van der Waals surface area contributed by atoms with Gasteiger partial charge in [-0.1, -0.05) is 39.0 Å². The van der Waals surface area contributed by atoms with Crippen LogP contribution in [0.25, 0.3) is 0 Å². The molecule has 0 bridgehead atoms. The summed E-state index contributed by atoms with van der Waals surface area (Å²) in [5, 5.41) is 3.48. The van der Waals surface area contributed by atoms with Crippen LogP contribution in [0.15, 0.2) is 24.3 Å². The molecule has 2 rings (SSSR count). The van der Waals surface area contributed by atoms with Crippen molar-refractivity contribution in [3.05, 3.63) is 24.3 Å². The predicted molar refractivity (Wildman–Crippen MR) is 92.8 cm³/mol. The van der Waals surface area contributed by atoms with E-state index >= 15 is 0 Å². The minimum absolute atomic E-state index is 0.283. The molecule has 0 aromatic heterocycles. The molecule has 1 aliphatic rings. The Labute approximate surface area is 135 Å². The van der Waals surface area contributed by atoms with Crippen molar-refractivity contribution in [2.24, 2.45) is 0 Å². The van der Waals surface area contributed by atoms with Crippen molar-refractivity contribution in [3.63, 3.8) is 0 Å². The smallest absolute Gasteiger partial charge is 0.119 e. The minimum Gasteiger partial charge on any atom is -0.491 e. The van der Waals surface area contributed by atoms with Crippen LogP contribution in [0.2, 0.25) is 0 Å². The lowest BCUT2D eigenvalue weighted by molar-refractivity contribution is 0.0679. The fourth-order valence-electron chi connectivity index (χ4n) is 2.77. The van der Waals surface area contributed by atoms with E-state index in [0.29, 0.717) is 6.61 Å². The Morgan fingerprint density at radius 1 is 1.09 bits per heavy atom. The summed E-state index contributed by atoms with van der Waals surface area (Å²) in [6, 6.07) is 8.28. The molecule has 1 N–H and O–H groups in total.